The molecule has 1 amide bonds. The van der Waals surface area contributed by atoms with Gasteiger partial charge in [0.1, 0.15) is 5.82 Å². The van der Waals surface area contributed by atoms with Crippen molar-refractivity contribution in [3.05, 3.63) is 42.1 Å². The molecule has 2 saturated heterocycles. The molecule has 0 saturated carbocycles. The molecule has 8 nitrogen and oxygen atoms in total. The Morgan fingerprint density at radius 1 is 0.909 bits per heavy atom. The van der Waals surface area contributed by atoms with Gasteiger partial charge in [-0.25, -0.2) is 13.4 Å². The highest BCUT2D eigenvalue weighted by Gasteiger charge is 2.24. The first-order valence-electron chi connectivity index (χ1n) is 11.8. The summed E-state index contributed by atoms with van der Waals surface area (Å²) in [6.45, 7) is 8.10. The lowest BCUT2D eigenvalue weighted by Gasteiger charge is -2.36. The summed E-state index contributed by atoms with van der Waals surface area (Å²) in [7, 11) is -3.30. The van der Waals surface area contributed by atoms with E-state index in [9.17, 15) is 13.2 Å². The number of sulfone groups is 1. The molecule has 2 aliphatic heterocycles. The van der Waals surface area contributed by atoms with Gasteiger partial charge in [0.15, 0.2) is 9.84 Å². The topological polar surface area (TPSA) is 86.7 Å². The molecular formula is C24H33N5O3S. The average Bonchev–Trinajstić information content (AvgIpc) is 2.85. The second-order valence-electron chi connectivity index (χ2n) is 9.04. The minimum atomic E-state index is -3.30. The molecule has 1 aromatic carbocycles. The summed E-state index contributed by atoms with van der Waals surface area (Å²) in [5, 5.41) is -0.466. The Morgan fingerprint density at radius 3 is 2.21 bits per heavy atom. The van der Waals surface area contributed by atoms with Gasteiger partial charge >= 0.3 is 0 Å². The molecule has 0 bridgehead atoms. The number of rotatable bonds is 6. The van der Waals surface area contributed by atoms with Gasteiger partial charge in [-0.3, -0.25) is 4.79 Å². The molecule has 33 heavy (non-hydrogen) atoms. The molecule has 0 radical (unpaired) electrons. The zero-order chi connectivity index (χ0) is 23.4. The van der Waals surface area contributed by atoms with Crippen molar-refractivity contribution in [2.75, 3.05) is 49.1 Å². The molecule has 2 fully saturated rings. The van der Waals surface area contributed by atoms with Gasteiger partial charge in [0, 0.05) is 45.5 Å². The molecule has 4 rings (SSSR count). The summed E-state index contributed by atoms with van der Waals surface area (Å²) in [5.74, 6) is 1.78. The highest BCUT2D eigenvalue weighted by Crippen LogP contribution is 2.21. The van der Waals surface area contributed by atoms with Gasteiger partial charge in [-0.15, -0.1) is 0 Å². The fourth-order valence-electron chi connectivity index (χ4n) is 4.30. The molecule has 1 aromatic heterocycles. The Morgan fingerprint density at radius 2 is 1.58 bits per heavy atom. The van der Waals surface area contributed by atoms with Crippen LogP contribution in [0.2, 0.25) is 0 Å². The van der Waals surface area contributed by atoms with Gasteiger partial charge in [0.05, 0.1) is 16.6 Å². The van der Waals surface area contributed by atoms with Crippen LogP contribution in [0.4, 0.5) is 11.8 Å². The fourth-order valence-corrected chi connectivity index (χ4v) is 5.36. The minimum absolute atomic E-state index is 0.0609. The van der Waals surface area contributed by atoms with Crippen molar-refractivity contribution in [2.45, 2.75) is 49.7 Å². The Hall–Kier alpha value is -2.68. The van der Waals surface area contributed by atoms with E-state index in [1.54, 1.807) is 38.1 Å². The van der Waals surface area contributed by atoms with Crippen molar-refractivity contribution in [1.29, 1.82) is 0 Å². The maximum absolute atomic E-state index is 12.8. The number of benzene rings is 1. The number of hydrogen-bond acceptors (Lipinski definition) is 7. The lowest BCUT2D eigenvalue weighted by atomic mass is 10.1. The number of hydrogen-bond donors (Lipinski definition) is 0. The Bertz CT molecular complexity index is 1060. The van der Waals surface area contributed by atoms with Gasteiger partial charge < -0.3 is 14.7 Å². The molecule has 2 aliphatic rings. The van der Waals surface area contributed by atoms with Gasteiger partial charge in [0.2, 0.25) is 11.9 Å². The maximum Gasteiger partial charge on any atom is 0.227 e. The zero-order valence-electron chi connectivity index (χ0n) is 19.5. The molecule has 178 valence electrons. The molecular weight excluding hydrogens is 438 g/mol. The quantitative estimate of drug-likeness (QED) is 0.640. The molecule has 9 heteroatoms. The Kier molecular flexibility index (Phi) is 7.17. The van der Waals surface area contributed by atoms with E-state index in [-0.39, 0.29) is 12.3 Å². The summed E-state index contributed by atoms with van der Waals surface area (Å²) in [6.07, 6.45) is 5.74. The average molecular weight is 472 g/mol. The van der Waals surface area contributed by atoms with Crippen LogP contribution in [0.25, 0.3) is 0 Å². The number of carbonyl (C=O) groups is 1. The number of anilines is 2. The summed E-state index contributed by atoms with van der Waals surface area (Å²) in [4.78, 5) is 28.7. The summed E-state index contributed by atoms with van der Waals surface area (Å²) in [5.41, 5.74) is 0.826. The van der Waals surface area contributed by atoms with Crippen LogP contribution in [0.15, 0.2) is 41.4 Å². The number of carbonyl (C=O) groups excluding carboxylic acids is 1. The van der Waals surface area contributed by atoms with E-state index in [4.69, 9.17) is 4.98 Å². The van der Waals surface area contributed by atoms with E-state index in [2.05, 4.69) is 14.8 Å². The van der Waals surface area contributed by atoms with Crippen LogP contribution in [0.1, 0.15) is 38.7 Å². The van der Waals surface area contributed by atoms with Gasteiger partial charge in [-0.2, -0.15) is 4.98 Å². The second-order valence-corrected chi connectivity index (χ2v) is 11.5. The van der Waals surface area contributed by atoms with Gasteiger partial charge in [-0.05, 0) is 56.9 Å². The summed E-state index contributed by atoms with van der Waals surface area (Å²) >= 11 is 0. The summed E-state index contributed by atoms with van der Waals surface area (Å²) in [6, 6.07) is 8.63. The smallest absolute Gasteiger partial charge is 0.227 e. The first kappa shape index (κ1) is 23.5. The molecule has 0 unspecified atom stereocenters. The normalized spacial score (nSPS) is 17.5. The van der Waals surface area contributed by atoms with Crippen molar-refractivity contribution in [3.8, 4) is 0 Å². The van der Waals surface area contributed by atoms with E-state index in [0.29, 0.717) is 18.0 Å². The van der Waals surface area contributed by atoms with Crippen LogP contribution < -0.4 is 9.80 Å². The van der Waals surface area contributed by atoms with Crippen LogP contribution in [0.3, 0.4) is 0 Å². The Balaban J connectivity index is 1.32. The predicted molar refractivity (Wildman–Crippen MR) is 129 cm³/mol. The van der Waals surface area contributed by atoms with Crippen LogP contribution in [-0.4, -0.2) is 73.7 Å². The number of nitrogens with zero attached hydrogens (tertiary/aromatic N) is 5. The van der Waals surface area contributed by atoms with Crippen molar-refractivity contribution >= 4 is 27.5 Å². The van der Waals surface area contributed by atoms with E-state index in [1.807, 2.05) is 17.2 Å². The highest BCUT2D eigenvalue weighted by molar-refractivity contribution is 7.92. The standard InChI is InChI=1S/C24H33N5O3S/c1-19(2)33(31,32)21-8-6-20(7-9-21)18-23(30)28-16-14-27(15-17-28)22-10-11-25-24(26-22)29-12-4-3-5-13-29/h6-11,19H,3-5,12-18H2,1-2H3. The Labute approximate surface area is 196 Å². The van der Waals surface area contributed by atoms with E-state index >= 15 is 0 Å². The number of piperidine rings is 1. The van der Waals surface area contributed by atoms with Gasteiger partial charge in [-0.1, -0.05) is 12.1 Å². The summed E-state index contributed by atoms with van der Waals surface area (Å²) < 4.78 is 24.6. The van der Waals surface area contributed by atoms with Crippen LogP contribution in [0, 0.1) is 0 Å². The maximum atomic E-state index is 12.8. The third-order valence-electron chi connectivity index (χ3n) is 6.45. The van der Waals surface area contributed by atoms with Gasteiger partial charge in [0.25, 0.3) is 0 Å². The van der Waals surface area contributed by atoms with Crippen molar-refractivity contribution < 1.29 is 13.2 Å². The molecule has 2 aromatic rings. The van der Waals surface area contributed by atoms with E-state index in [0.717, 1.165) is 43.5 Å². The third kappa shape index (κ3) is 5.46. The lowest BCUT2D eigenvalue weighted by molar-refractivity contribution is -0.130. The first-order valence-corrected chi connectivity index (χ1v) is 13.3. The third-order valence-corrected chi connectivity index (χ3v) is 8.62. The van der Waals surface area contributed by atoms with Crippen LogP contribution in [-0.2, 0) is 21.1 Å². The van der Waals surface area contributed by atoms with Crippen molar-refractivity contribution in [2.24, 2.45) is 0 Å². The minimum Gasteiger partial charge on any atom is -0.353 e. The van der Waals surface area contributed by atoms with Crippen molar-refractivity contribution in [1.82, 2.24) is 14.9 Å². The zero-order valence-corrected chi connectivity index (χ0v) is 20.3. The largest absolute Gasteiger partial charge is 0.353 e. The second kappa shape index (κ2) is 10.1. The monoisotopic (exact) mass is 471 g/mol. The van der Waals surface area contributed by atoms with Crippen molar-refractivity contribution in [3.63, 3.8) is 0 Å². The SMILES string of the molecule is CC(C)S(=O)(=O)c1ccc(CC(=O)N2CCN(c3ccnc(N4CCCCC4)n3)CC2)cc1. The molecule has 0 N–H and O–H groups in total. The number of aromatic nitrogens is 2. The number of amides is 1. The molecule has 0 spiro atoms. The van der Waals surface area contributed by atoms with Crippen LogP contribution >= 0.6 is 0 Å². The fraction of sp³-hybridized carbons (Fsp3) is 0.542. The predicted octanol–water partition coefficient (Wildman–Crippen LogP) is 2.54. The molecule has 3 heterocycles. The molecule has 0 atom stereocenters. The van der Waals surface area contributed by atoms with E-state index in [1.165, 1.54) is 19.3 Å². The van der Waals surface area contributed by atoms with E-state index < -0.39 is 15.1 Å². The highest BCUT2D eigenvalue weighted by atomic mass is 32.2. The lowest BCUT2D eigenvalue weighted by Crippen LogP contribution is -2.49. The first-order chi connectivity index (χ1) is 15.8. The van der Waals surface area contributed by atoms with Crippen LogP contribution in [0.5, 0.6) is 0 Å². The number of piperazine rings is 1. The molecule has 0 aliphatic carbocycles.